The second-order valence-electron chi connectivity index (χ2n) is 5.37. The van der Waals surface area contributed by atoms with Gasteiger partial charge in [0, 0.05) is 16.2 Å². The number of anilines is 1. The van der Waals surface area contributed by atoms with Crippen molar-refractivity contribution in [2.75, 3.05) is 12.3 Å². The number of nitrogen functional groups attached to an aromatic ring is 1. The summed E-state index contributed by atoms with van der Waals surface area (Å²) in [6.07, 6.45) is -2.70. The van der Waals surface area contributed by atoms with Gasteiger partial charge in [0.15, 0.2) is 0 Å². The maximum Gasteiger partial charge on any atom is 0.406 e. The van der Waals surface area contributed by atoms with Gasteiger partial charge < -0.3 is 10.6 Å². The SMILES string of the molecule is CC(C1CC1)N(CC(F)(F)F)C(=O)c1cc(N)ccc1Br. The van der Waals surface area contributed by atoms with Crippen molar-refractivity contribution in [3.8, 4) is 0 Å². The van der Waals surface area contributed by atoms with Gasteiger partial charge in [0.05, 0.1) is 5.56 Å². The fraction of sp³-hybridized carbons (Fsp3) is 0.500. The molecule has 0 aromatic heterocycles. The topological polar surface area (TPSA) is 46.3 Å². The lowest BCUT2D eigenvalue weighted by atomic mass is 10.1. The van der Waals surface area contributed by atoms with Crippen molar-refractivity contribution in [3.05, 3.63) is 28.2 Å². The third-order valence-electron chi connectivity index (χ3n) is 3.63. The summed E-state index contributed by atoms with van der Waals surface area (Å²) in [4.78, 5) is 13.4. The van der Waals surface area contributed by atoms with E-state index in [4.69, 9.17) is 5.73 Å². The quantitative estimate of drug-likeness (QED) is 0.825. The fourth-order valence-electron chi connectivity index (χ4n) is 2.29. The molecule has 0 aliphatic heterocycles. The Morgan fingerprint density at radius 1 is 1.48 bits per heavy atom. The summed E-state index contributed by atoms with van der Waals surface area (Å²) in [6.45, 7) is 0.423. The van der Waals surface area contributed by atoms with Crippen molar-refractivity contribution in [3.63, 3.8) is 0 Å². The van der Waals surface area contributed by atoms with Crippen LogP contribution in [0.5, 0.6) is 0 Å². The molecule has 1 aromatic rings. The number of carbonyl (C=O) groups is 1. The van der Waals surface area contributed by atoms with Crippen LogP contribution < -0.4 is 5.73 Å². The molecule has 0 bridgehead atoms. The zero-order valence-corrected chi connectivity index (χ0v) is 13.0. The molecule has 0 radical (unpaired) electrons. The van der Waals surface area contributed by atoms with Crippen LogP contribution in [0.1, 0.15) is 30.1 Å². The molecule has 1 aliphatic rings. The summed E-state index contributed by atoms with van der Waals surface area (Å²) < 4.78 is 38.8. The van der Waals surface area contributed by atoms with Gasteiger partial charge in [-0.3, -0.25) is 4.79 Å². The number of alkyl halides is 3. The number of hydrogen-bond donors (Lipinski definition) is 1. The number of nitrogens with two attached hydrogens (primary N) is 1. The van der Waals surface area contributed by atoms with E-state index in [1.165, 1.54) is 6.07 Å². The third-order valence-corrected chi connectivity index (χ3v) is 4.32. The van der Waals surface area contributed by atoms with E-state index in [1.807, 2.05) is 0 Å². The maximum atomic E-state index is 12.8. The average molecular weight is 365 g/mol. The summed E-state index contributed by atoms with van der Waals surface area (Å²) in [5.74, 6) is -0.498. The first-order valence-electron chi connectivity index (χ1n) is 6.62. The smallest absolute Gasteiger partial charge is 0.399 e. The van der Waals surface area contributed by atoms with E-state index >= 15 is 0 Å². The zero-order valence-electron chi connectivity index (χ0n) is 11.5. The van der Waals surface area contributed by atoms with E-state index in [9.17, 15) is 18.0 Å². The molecule has 3 nitrogen and oxygen atoms in total. The Morgan fingerprint density at radius 3 is 2.62 bits per heavy atom. The van der Waals surface area contributed by atoms with Gasteiger partial charge in [-0.15, -0.1) is 0 Å². The molecule has 2 rings (SSSR count). The molecule has 0 saturated heterocycles. The second-order valence-corrected chi connectivity index (χ2v) is 6.22. The van der Waals surface area contributed by atoms with E-state index in [1.54, 1.807) is 19.1 Å². The molecule has 1 atom stereocenters. The molecule has 0 heterocycles. The van der Waals surface area contributed by atoms with Crippen LogP contribution in [-0.4, -0.2) is 29.6 Å². The van der Waals surface area contributed by atoms with Crippen LogP contribution in [0.15, 0.2) is 22.7 Å². The molecule has 1 amide bonds. The van der Waals surface area contributed by atoms with Gasteiger partial charge in [0.25, 0.3) is 5.91 Å². The third kappa shape index (κ3) is 4.12. The van der Waals surface area contributed by atoms with Crippen LogP contribution >= 0.6 is 15.9 Å². The molecule has 1 unspecified atom stereocenters. The highest BCUT2D eigenvalue weighted by Crippen LogP contribution is 2.37. The Bertz CT molecular complexity index is 544. The fourth-order valence-corrected chi connectivity index (χ4v) is 2.70. The molecule has 0 spiro atoms. The van der Waals surface area contributed by atoms with E-state index < -0.39 is 24.7 Å². The minimum atomic E-state index is -4.42. The van der Waals surface area contributed by atoms with E-state index in [0.717, 1.165) is 17.7 Å². The monoisotopic (exact) mass is 364 g/mol. The normalized spacial score (nSPS) is 16.6. The number of benzene rings is 1. The number of hydrogen-bond acceptors (Lipinski definition) is 2. The van der Waals surface area contributed by atoms with Crippen LogP contribution in [0, 0.1) is 5.92 Å². The van der Waals surface area contributed by atoms with Crippen molar-refractivity contribution in [1.29, 1.82) is 0 Å². The Labute approximate surface area is 129 Å². The van der Waals surface area contributed by atoms with Gasteiger partial charge in [-0.1, -0.05) is 0 Å². The predicted octanol–water partition coefficient (Wildman–Crippen LogP) is 3.83. The molecular weight excluding hydrogens is 349 g/mol. The van der Waals surface area contributed by atoms with Crippen LogP contribution in [0.3, 0.4) is 0 Å². The number of amides is 1. The van der Waals surface area contributed by atoms with Crippen molar-refractivity contribution in [2.45, 2.75) is 32.0 Å². The van der Waals surface area contributed by atoms with E-state index in [0.29, 0.717) is 10.2 Å². The lowest BCUT2D eigenvalue weighted by Crippen LogP contribution is -2.45. The lowest BCUT2D eigenvalue weighted by Gasteiger charge is -2.30. The highest BCUT2D eigenvalue weighted by atomic mass is 79.9. The van der Waals surface area contributed by atoms with Gasteiger partial charge in [0.1, 0.15) is 6.54 Å². The largest absolute Gasteiger partial charge is 0.406 e. The molecule has 1 saturated carbocycles. The van der Waals surface area contributed by atoms with Crippen molar-refractivity contribution in [1.82, 2.24) is 4.90 Å². The second kappa shape index (κ2) is 5.87. The summed E-state index contributed by atoms with van der Waals surface area (Å²) in [6, 6.07) is 4.11. The standard InChI is InChI=1S/C14H16BrF3N2O/c1-8(9-2-3-9)20(7-14(16,17)18)13(21)11-6-10(19)4-5-12(11)15/h4-6,8-9H,2-3,7,19H2,1H3. The van der Waals surface area contributed by atoms with E-state index in [-0.39, 0.29) is 11.5 Å². The number of carbonyl (C=O) groups excluding carboxylic acids is 1. The van der Waals surface area contributed by atoms with E-state index in [2.05, 4.69) is 15.9 Å². The molecule has 1 aromatic carbocycles. The summed E-state index contributed by atoms with van der Waals surface area (Å²) in [5.41, 5.74) is 6.13. The summed E-state index contributed by atoms with van der Waals surface area (Å²) >= 11 is 3.20. The van der Waals surface area contributed by atoms with Crippen molar-refractivity contribution in [2.24, 2.45) is 5.92 Å². The van der Waals surface area contributed by atoms with Gasteiger partial charge >= 0.3 is 6.18 Å². The van der Waals surface area contributed by atoms with Gasteiger partial charge in [-0.05, 0) is 59.8 Å². The highest BCUT2D eigenvalue weighted by Gasteiger charge is 2.41. The highest BCUT2D eigenvalue weighted by molar-refractivity contribution is 9.10. The van der Waals surface area contributed by atoms with Crippen molar-refractivity contribution < 1.29 is 18.0 Å². The first-order chi connectivity index (χ1) is 9.69. The zero-order chi connectivity index (χ0) is 15.8. The van der Waals surface area contributed by atoms with Crippen LogP contribution in [-0.2, 0) is 0 Å². The Hall–Kier alpha value is -1.24. The molecular formula is C14H16BrF3N2O. The Kier molecular flexibility index (Phi) is 4.51. The molecule has 116 valence electrons. The van der Waals surface area contributed by atoms with Crippen molar-refractivity contribution >= 4 is 27.5 Å². The molecule has 1 fully saturated rings. The van der Waals surface area contributed by atoms with Crippen LogP contribution in [0.2, 0.25) is 0 Å². The first kappa shape index (κ1) is 16.1. The molecule has 1 aliphatic carbocycles. The van der Waals surface area contributed by atoms with Crippen LogP contribution in [0.25, 0.3) is 0 Å². The predicted molar refractivity (Wildman–Crippen MR) is 77.8 cm³/mol. The number of halogens is 4. The Morgan fingerprint density at radius 2 is 2.10 bits per heavy atom. The lowest BCUT2D eigenvalue weighted by molar-refractivity contribution is -0.144. The van der Waals surface area contributed by atoms with Gasteiger partial charge in [-0.2, -0.15) is 13.2 Å². The minimum absolute atomic E-state index is 0.149. The average Bonchev–Trinajstić information content (AvgIpc) is 3.20. The molecule has 21 heavy (non-hydrogen) atoms. The number of rotatable bonds is 4. The minimum Gasteiger partial charge on any atom is -0.399 e. The number of nitrogens with zero attached hydrogens (tertiary/aromatic N) is 1. The van der Waals surface area contributed by atoms with Gasteiger partial charge in [-0.25, -0.2) is 0 Å². The Balaban J connectivity index is 2.30. The maximum absolute atomic E-state index is 12.8. The molecule has 2 N–H and O–H groups in total. The molecule has 7 heteroatoms. The van der Waals surface area contributed by atoms with Gasteiger partial charge in [0.2, 0.25) is 0 Å². The van der Waals surface area contributed by atoms with Crippen LogP contribution in [0.4, 0.5) is 18.9 Å². The summed E-state index contributed by atoms with van der Waals surface area (Å²) in [5, 5.41) is 0. The first-order valence-corrected chi connectivity index (χ1v) is 7.41. The summed E-state index contributed by atoms with van der Waals surface area (Å²) in [7, 11) is 0.